The first-order chi connectivity index (χ1) is 9.88. The zero-order chi connectivity index (χ0) is 14.0. The molecule has 2 heterocycles. The third-order valence-corrected chi connectivity index (χ3v) is 3.96. The predicted molar refractivity (Wildman–Crippen MR) is 98.7 cm³/mol. The van der Waals surface area contributed by atoms with Crippen molar-refractivity contribution < 1.29 is 4.74 Å². The predicted octanol–water partition coefficient (Wildman–Crippen LogP) is 1.82. The largest absolute Gasteiger partial charge is 0.376 e. The van der Waals surface area contributed by atoms with Crippen molar-refractivity contribution in [2.24, 2.45) is 4.99 Å². The number of nitrogens with one attached hydrogen (secondary N) is 2. The van der Waals surface area contributed by atoms with Crippen molar-refractivity contribution in [2.45, 2.75) is 45.1 Å². The molecule has 0 amide bonds. The maximum atomic E-state index is 5.61. The number of hydrogen-bond acceptors (Lipinski definition) is 3. The Labute approximate surface area is 146 Å². The zero-order valence-electron chi connectivity index (χ0n) is 13.3. The van der Waals surface area contributed by atoms with Crippen LogP contribution in [0.4, 0.5) is 0 Å². The molecule has 0 aromatic carbocycles. The maximum absolute atomic E-state index is 5.61. The van der Waals surface area contributed by atoms with Crippen molar-refractivity contribution >= 4 is 29.9 Å². The molecule has 2 N–H and O–H groups in total. The summed E-state index contributed by atoms with van der Waals surface area (Å²) in [5.41, 5.74) is 0. The van der Waals surface area contributed by atoms with E-state index in [4.69, 9.17) is 4.74 Å². The van der Waals surface area contributed by atoms with Crippen molar-refractivity contribution in [3.05, 3.63) is 0 Å². The number of likely N-dealkylation sites (tertiary alicyclic amines) is 1. The van der Waals surface area contributed by atoms with Crippen LogP contribution in [0.3, 0.4) is 0 Å². The third kappa shape index (κ3) is 7.65. The number of aliphatic imine (C=N–C) groups is 1. The second kappa shape index (κ2) is 11.5. The quantitative estimate of drug-likeness (QED) is 0.291. The molecule has 2 aliphatic heterocycles. The molecule has 6 heteroatoms. The van der Waals surface area contributed by atoms with Crippen LogP contribution in [0.1, 0.15) is 39.0 Å². The van der Waals surface area contributed by atoms with Gasteiger partial charge >= 0.3 is 0 Å². The van der Waals surface area contributed by atoms with Crippen LogP contribution in [0.5, 0.6) is 0 Å². The van der Waals surface area contributed by atoms with Gasteiger partial charge in [-0.25, -0.2) is 0 Å². The highest BCUT2D eigenvalue weighted by Crippen LogP contribution is 2.11. The molecule has 1 unspecified atom stereocenters. The van der Waals surface area contributed by atoms with E-state index in [2.05, 4.69) is 27.4 Å². The summed E-state index contributed by atoms with van der Waals surface area (Å²) in [5.74, 6) is 0.935. The average molecular weight is 410 g/mol. The molecule has 124 valence electrons. The smallest absolute Gasteiger partial charge is 0.191 e. The molecule has 0 radical (unpaired) electrons. The van der Waals surface area contributed by atoms with Gasteiger partial charge in [0.15, 0.2) is 5.96 Å². The van der Waals surface area contributed by atoms with Gasteiger partial charge in [-0.1, -0.05) is 0 Å². The summed E-state index contributed by atoms with van der Waals surface area (Å²) in [4.78, 5) is 7.17. The van der Waals surface area contributed by atoms with Crippen LogP contribution in [0.2, 0.25) is 0 Å². The number of nitrogens with zero attached hydrogens (tertiary/aromatic N) is 2. The average Bonchev–Trinajstić information content (AvgIpc) is 3.13. The molecule has 1 atom stereocenters. The second-order valence-electron chi connectivity index (χ2n) is 5.68. The molecule has 0 aromatic heterocycles. The van der Waals surface area contributed by atoms with Crippen LogP contribution >= 0.6 is 24.0 Å². The van der Waals surface area contributed by atoms with E-state index >= 15 is 0 Å². The fourth-order valence-corrected chi connectivity index (χ4v) is 2.84. The Morgan fingerprint density at radius 3 is 2.71 bits per heavy atom. The van der Waals surface area contributed by atoms with Gasteiger partial charge in [0.2, 0.25) is 0 Å². The molecule has 2 fully saturated rings. The number of hydrogen-bond donors (Lipinski definition) is 2. The molecule has 2 aliphatic rings. The summed E-state index contributed by atoms with van der Waals surface area (Å²) in [5, 5.41) is 6.73. The van der Waals surface area contributed by atoms with E-state index in [0.717, 1.165) is 38.6 Å². The molecule has 0 saturated carbocycles. The Morgan fingerprint density at radius 2 is 2.05 bits per heavy atom. The Hall–Kier alpha value is -0.0800. The van der Waals surface area contributed by atoms with Crippen molar-refractivity contribution in [2.75, 3.05) is 45.9 Å². The van der Waals surface area contributed by atoms with Crippen molar-refractivity contribution in [1.29, 1.82) is 0 Å². The van der Waals surface area contributed by atoms with E-state index in [9.17, 15) is 0 Å². The van der Waals surface area contributed by atoms with Crippen LogP contribution in [-0.2, 0) is 4.74 Å². The van der Waals surface area contributed by atoms with E-state index in [1.165, 1.54) is 45.3 Å². The van der Waals surface area contributed by atoms with Crippen LogP contribution in [-0.4, -0.2) is 62.8 Å². The SMILES string of the molecule is CCNC(=NCC1CCCO1)NCCCN1CCCC1.I. The standard InChI is InChI=1S/C15H30N4O.HI/c1-2-16-15(18-13-14-7-5-12-20-14)17-8-6-11-19-9-3-4-10-19;/h14H,2-13H2,1H3,(H2,16,17,18);1H. The summed E-state index contributed by atoms with van der Waals surface area (Å²) >= 11 is 0. The molecule has 0 bridgehead atoms. The molecular weight excluding hydrogens is 379 g/mol. The Morgan fingerprint density at radius 1 is 1.24 bits per heavy atom. The summed E-state index contributed by atoms with van der Waals surface area (Å²) in [6.45, 7) is 9.46. The lowest BCUT2D eigenvalue weighted by Gasteiger charge is -2.16. The van der Waals surface area contributed by atoms with Gasteiger partial charge in [-0.05, 0) is 58.7 Å². The van der Waals surface area contributed by atoms with E-state index in [0.29, 0.717) is 6.10 Å². The van der Waals surface area contributed by atoms with Crippen molar-refractivity contribution in [3.8, 4) is 0 Å². The first kappa shape index (κ1) is 19.0. The van der Waals surface area contributed by atoms with Crippen molar-refractivity contribution in [3.63, 3.8) is 0 Å². The van der Waals surface area contributed by atoms with Gasteiger partial charge in [-0.2, -0.15) is 0 Å². The van der Waals surface area contributed by atoms with Gasteiger partial charge in [-0.15, -0.1) is 24.0 Å². The monoisotopic (exact) mass is 410 g/mol. The lowest BCUT2D eigenvalue weighted by atomic mass is 10.2. The second-order valence-corrected chi connectivity index (χ2v) is 5.68. The number of guanidine groups is 1. The van der Waals surface area contributed by atoms with Gasteiger partial charge in [-0.3, -0.25) is 4.99 Å². The fourth-order valence-electron chi connectivity index (χ4n) is 2.84. The highest BCUT2D eigenvalue weighted by atomic mass is 127. The van der Waals surface area contributed by atoms with E-state index in [-0.39, 0.29) is 24.0 Å². The lowest BCUT2D eigenvalue weighted by molar-refractivity contribution is 0.117. The first-order valence-electron chi connectivity index (χ1n) is 8.24. The lowest BCUT2D eigenvalue weighted by Crippen LogP contribution is -2.39. The molecule has 2 rings (SSSR count). The van der Waals surface area contributed by atoms with Crippen LogP contribution in [0.15, 0.2) is 4.99 Å². The highest BCUT2D eigenvalue weighted by Gasteiger charge is 2.15. The molecule has 0 aromatic rings. The van der Waals surface area contributed by atoms with E-state index in [1.54, 1.807) is 0 Å². The summed E-state index contributed by atoms with van der Waals surface area (Å²) in [7, 11) is 0. The number of ether oxygens (including phenoxy) is 1. The zero-order valence-corrected chi connectivity index (χ0v) is 15.6. The normalized spacial score (nSPS) is 23.1. The van der Waals surface area contributed by atoms with Crippen molar-refractivity contribution in [1.82, 2.24) is 15.5 Å². The van der Waals surface area contributed by atoms with Crippen LogP contribution in [0.25, 0.3) is 0 Å². The maximum Gasteiger partial charge on any atom is 0.191 e. The molecule has 5 nitrogen and oxygen atoms in total. The van der Waals surface area contributed by atoms with Crippen LogP contribution in [0, 0.1) is 0 Å². The number of rotatable bonds is 7. The van der Waals surface area contributed by atoms with E-state index in [1.807, 2.05) is 0 Å². The number of halogens is 1. The molecule has 0 aliphatic carbocycles. The molecular formula is C15H31IN4O. The minimum absolute atomic E-state index is 0. The minimum Gasteiger partial charge on any atom is -0.376 e. The van der Waals surface area contributed by atoms with Gasteiger partial charge < -0.3 is 20.3 Å². The molecule has 2 saturated heterocycles. The summed E-state index contributed by atoms with van der Waals surface area (Å²) in [6, 6.07) is 0. The summed E-state index contributed by atoms with van der Waals surface area (Å²) in [6.07, 6.45) is 6.59. The van der Waals surface area contributed by atoms with Crippen LogP contribution < -0.4 is 10.6 Å². The third-order valence-electron chi connectivity index (χ3n) is 3.96. The minimum atomic E-state index is 0. The first-order valence-corrected chi connectivity index (χ1v) is 8.24. The molecule has 0 spiro atoms. The highest BCUT2D eigenvalue weighted by molar-refractivity contribution is 14.0. The fraction of sp³-hybridized carbons (Fsp3) is 0.933. The Bertz CT molecular complexity index is 289. The Kier molecular flexibility index (Phi) is 10.4. The van der Waals surface area contributed by atoms with Gasteiger partial charge in [0.1, 0.15) is 0 Å². The van der Waals surface area contributed by atoms with Gasteiger partial charge in [0.05, 0.1) is 12.6 Å². The summed E-state index contributed by atoms with van der Waals surface area (Å²) < 4.78 is 5.61. The van der Waals surface area contributed by atoms with Gasteiger partial charge in [0.25, 0.3) is 0 Å². The van der Waals surface area contributed by atoms with E-state index < -0.39 is 0 Å². The topological polar surface area (TPSA) is 48.9 Å². The molecule has 21 heavy (non-hydrogen) atoms. The Balaban J connectivity index is 0.00000220. The van der Waals surface area contributed by atoms with Gasteiger partial charge in [0, 0.05) is 19.7 Å².